The summed E-state index contributed by atoms with van der Waals surface area (Å²) in [6.45, 7) is 4.06. The zero-order valence-corrected chi connectivity index (χ0v) is 13.6. The van der Waals surface area contributed by atoms with Crippen LogP contribution in [0.1, 0.15) is 15.9 Å². The normalized spacial score (nSPS) is 15.8. The molecule has 1 aliphatic heterocycles. The highest BCUT2D eigenvalue weighted by Gasteiger charge is 2.23. The first-order valence-electron chi connectivity index (χ1n) is 8.18. The molecule has 0 saturated carbocycles. The highest BCUT2D eigenvalue weighted by Crippen LogP contribution is 2.13. The van der Waals surface area contributed by atoms with Gasteiger partial charge in [-0.1, -0.05) is 42.5 Å². The number of nitrogens with zero attached hydrogens (tertiary/aromatic N) is 3. The van der Waals surface area contributed by atoms with Gasteiger partial charge in [0.2, 0.25) is 0 Å². The van der Waals surface area contributed by atoms with E-state index < -0.39 is 0 Å². The Balaban J connectivity index is 1.50. The molecule has 1 amide bonds. The molecule has 5 heteroatoms. The van der Waals surface area contributed by atoms with Crippen LogP contribution in [0, 0.1) is 0 Å². The van der Waals surface area contributed by atoms with Crippen molar-refractivity contribution in [2.24, 2.45) is 0 Å². The fourth-order valence-electron chi connectivity index (χ4n) is 2.80. The van der Waals surface area contributed by atoms with E-state index in [0.29, 0.717) is 24.5 Å². The van der Waals surface area contributed by atoms with Gasteiger partial charge in [-0.3, -0.25) is 9.69 Å². The average molecular weight is 322 g/mol. The van der Waals surface area contributed by atoms with Gasteiger partial charge in [0, 0.05) is 38.9 Å². The number of carbonyl (C=O) groups excluding carboxylic acids is 1. The highest BCUT2D eigenvalue weighted by molar-refractivity contribution is 5.98. The molecule has 0 bridgehead atoms. The monoisotopic (exact) mass is 322 g/mol. The van der Waals surface area contributed by atoms with Gasteiger partial charge in [-0.05, 0) is 17.7 Å². The minimum atomic E-state index is -0.0277. The number of aromatic nitrogens is 1. The first-order chi connectivity index (χ1) is 11.7. The summed E-state index contributed by atoms with van der Waals surface area (Å²) >= 11 is 0. The van der Waals surface area contributed by atoms with Gasteiger partial charge >= 0.3 is 0 Å². The van der Waals surface area contributed by atoms with Crippen molar-refractivity contribution in [2.45, 2.75) is 0 Å². The second-order valence-corrected chi connectivity index (χ2v) is 5.84. The van der Waals surface area contributed by atoms with Crippen molar-refractivity contribution in [3.8, 4) is 0 Å². The third-order valence-corrected chi connectivity index (χ3v) is 4.20. The van der Waals surface area contributed by atoms with E-state index in [0.717, 1.165) is 19.6 Å². The van der Waals surface area contributed by atoms with Gasteiger partial charge in [-0.25, -0.2) is 4.98 Å². The fraction of sp³-hybridized carbons (Fsp3) is 0.263. The summed E-state index contributed by atoms with van der Waals surface area (Å²) in [5.74, 6) is 0.274. The predicted molar refractivity (Wildman–Crippen MR) is 96.5 cm³/mol. The molecule has 3 rings (SSSR count). The van der Waals surface area contributed by atoms with E-state index in [-0.39, 0.29) is 5.91 Å². The van der Waals surface area contributed by atoms with Crippen LogP contribution in [0.4, 0.5) is 5.82 Å². The van der Waals surface area contributed by atoms with Crippen molar-refractivity contribution in [1.29, 1.82) is 0 Å². The fourth-order valence-corrected chi connectivity index (χ4v) is 2.80. The lowest BCUT2D eigenvalue weighted by Crippen LogP contribution is -2.48. The number of nitrogen functional groups attached to an aromatic ring is 1. The van der Waals surface area contributed by atoms with Crippen LogP contribution >= 0.6 is 0 Å². The molecule has 1 fully saturated rings. The van der Waals surface area contributed by atoms with Crippen LogP contribution in [-0.4, -0.2) is 53.4 Å². The Hall–Kier alpha value is -2.66. The van der Waals surface area contributed by atoms with Crippen LogP contribution in [0.3, 0.4) is 0 Å². The lowest BCUT2D eigenvalue weighted by Gasteiger charge is -2.34. The second-order valence-electron chi connectivity index (χ2n) is 5.84. The molecule has 1 saturated heterocycles. The maximum absolute atomic E-state index is 12.5. The number of amides is 1. The molecule has 0 unspecified atom stereocenters. The zero-order valence-electron chi connectivity index (χ0n) is 13.6. The van der Waals surface area contributed by atoms with E-state index >= 15 is 0 Å². The molecule has 124 valence electrons. The Morgan fingerprint density at radius 1 is 1.08 bits per heavy atom. The van der Waals surface area contributed by atoms with Crippen LogP contribution in [0.15, 0.2) is 54.7 Å². The Morgan fingerprint density at radius 3 is 2.54 bits per heavy atom. The maximum Gasteiger partial charge on any atom is 0.257 e. The highest BCUT2D eigenvalue weighted by atomic mass is 16.2. The first-order valence-corrected chi connectivity index (χ1v) is 8.18. The number of hydrogen-bond donors (Lipinski definition) is 1. The molecule has 24 heavy (non-hydrogen) atoms. The molecule has 1 aromatic carbocycles. The van der Waals surface area contributed by atoms with E-state index in [1.807, 2.05) is 23.1 Å². The van der Waals surface area contributed by atoms with Gasteiger partial charge in [0.15, 0.2) is 0 Å². The Morgan fingerprint density at radius 2 is 1.83 bits per heavy atom. The molecule has 2 N–H and O–H groups in total. The van der Waals surface area contributed by atoms with E-state index in [1.54, 1.807) is 18.3 Å². The standard InChI is InChI=1S/C19H22N4O/c20-18-17(9-4-10-21-18)19(24)23-14-12-22(13-15-23)11-5-8-16-6-2-1-3-7-16/h1-10H,11-15H2,(H2,20,21)/b8-5+. The van der Waals surface area contributed by atoms with E-state index in [1.165, 1.54) is 5.56 Å². The molecule has 0 aliphatic carbocycles. The predicted octanol–water partition coefficient (Wildman–Crippen LogP) is 2.14. The molecule has 1 aromatic heterocycles. The summed E-state index contributed by atoms with van der Waals surface area (Å²) in [4.78, 5) is 20.7. The van der Waals surface area contributed by atoms with Gasteiger partial charge < -0.3 is 10.6 Å². The molecule has 2 heterocycles. The molecule has 5 nitrogen and oxygen atoms in total. The lowest BCUT2D eigenvalue weighted by molar-refractivity contribution is 0.0651. The minimum Gasteiger partial charge on any atom is -0.383 e. The topological polar surface area (TPSA) is 62.5 Å². The number of benzene rings is 1. The Kier molecular flexibility index (Phi) is 5.23. The number of anilines is 1. The Labute approximate surface area is 142 Å². The molecule has 2 aromatic rings. The molecule has 0 atom stereocenters. The SMILES string of the molecule is Nc1ncccc1C(=O)N1CCN(C/C=C/c2ccccc2)CC1. The van der Waals surface area contributed by atoms with Gasteiger partial charge in [0.1, 0.15) is 5.82 Å². The summed E-state index contributed by atoms with van der Waals surface area (Å²) in [6, 6.07) is 13.7. The number of nitrogens with two attached hydrogens (primary N) is 1. The lowest BCUT2D eigenvalue weighted by atomic mass is 10.2. The second kappa shape index (κ2) is 7.75. The molecular formula is C19H22N4O. The summed E-state index contributed by atoms with van der Waals surface area (Å²) < 4.78 is 0. The third-order valence-electron chi connectivity index (χ3n) is 4.20. The van der Waals surface area contributed by atoms with Crippen molar-refractivity contribution in [3.63, 3.8) is 0 Å². The molecular weight excluding hydrogens is 300 g/mol. The molecule has 1 aliphatic rings. The van der Waals surface area contributed by atoms with Gasteiger partial charge in [-0.2, -0.15) is 0 Å². The largest absolute Gasteiger partial charge is 0.383 e. The summed E-state index contributed by atoms with van der Waals surface area (Å²) in [7, 11) is 0. The summed E-state index contributed by atoms with van der Waals surface area (Å²) in [6.07, 6.45) is 5.91. The van der Waals surface area contributed by atoms with Crippen molar-refractivity contribution >= 4 is 17.8 Å². The first kappa shape index (κ1) is 16.2. The van der Waals surface area contributed by atoms with Crippen molar-refractivity contribution in [3.05, 3.63) is 65.9 Å². The number of piperazine rings is 1. The number of rotatable bonds is 4. The van der Waals surface area contributed by atoms with E-state index in [9.17, 15) is 4.79 Å². The van der Waals surface area contributed by atoms with Crippen molar-refractivity contribution in [1.82, 2.24) is 14.8 Å². The quantitative estimate of drug-likeness (QED) is 0.937. The van der Waals surface area contributed by atoms with Crippen LogP contribution in [0.25, 0.3) is 6.08 Å². The van der Waals surface area contributed by atoms with Crippen LogP contribution in [0.5, 0.6) is 0 Å². The van der Waals surface area contributed by atoms with E-state index in [4.69, 9.17) is 5.73 Å². The maximum atomic E-state index is 12.5. The average Bonchev–Trinajstić information content (AvgIpc) is 2.63. The van der Waals surface area contributed by atoms with E-state index in [2.05, 4.69) is 34.2 Å². The zero-order chi connectivity index (χ0) is 16.8. The van der Waals surface area contributed by atoms with Gasteiger partial charge in [0.05, 0.1) is 5.56 Å². The summed E-state index contributed by atoms with van der Waals surface area (Å²) in [5, 5.41) is 0. The summed E-state index contributed by atoms with van der Waals surface area (Å²) in [5.41, 5.74) is 7.50. The van der Waals surface area contributed by atoms with Crippen molar-refractivity contribution in [2.75, 3.05) is 38.5 Å². The minimum absolute atomic E-state index is 0.0277. The smallest absolute Gasteiger partial charge is 0.257 e. The van der Waals surface area contributed by atoms with Crippen molar-refractivity contribution < 1.29 is 4.79 Å². The van der Waals surface area contributed by atoms with Crippen LogP contribution in [0.2, 0.25) is 0 Å². The number of hydrogen-bond acceptors (Lipinski definition) is 4. The number of pyridine rings is 1. The van der Waals surface area contributed by atoms with Crippen LogP contribution in [-0.2, 0) is 0 Å². The number of carbonyl (C=O) groups is 1. The Bertz CT molecular complexity index is 706. The van der Waals surface area contributed by atoms with Gasteiger partial charge in [-0.15, -0.1) is 0 Å². The molecule has 0 radical (unpaired) electrons. The third kappa shape index (κ3) is 4.00. The van der Waals surface area contributed by atoms with Gasteiger partial charge in [0.25, 0.3) is 5.91 Å². The molecule has 0 spiro atoms. The van der Waals surface area contributed by atoms with Crippen LogP contribution < -0.4 is 5.73 Å².